The van der Waals surface area contributed by atoms with E-state index in [4.69, 9.17) is 4.42 Å². The Morgan fingerprint density at radius 2 is 1.85 bits per heavy atom. The van der Waals surface area contributed by atoms with Crippen LogP contribution in [0.15, 0.2) is 34.9 Å². The number of halogens is 1. The first-order valence-corrected chi connectivity index (χ1v) is 11.6. The number of amides is 4. The van der Waals surface area contributed by atoms with Crippen molar-refractivity contribution in [3.63, 3.8) is 0 Å². The number of nitrogens with zero attached hydrogens (tertiary/aromatic N) is 2. The Balaban J connectivity index is 1.25. The van der Waals surface area contributed by atoms with Gasteiger partial charge in [-0.15, -0.1) is 0 Å². The van der Waals surface area contributed by atoms with Gasteiger partial charge >= 0.3 is 6.03 Å². The molecule has 1 N–H and O–H groups in total. The van der Waals surface area contributed by atoms with E-state index in [0.29, 0.717) is 61.2 Å². The molecule has 0 radical (unpaired) electrons. The Bertz CT molecular complexity index is 1170. The number of likely N-dealkylation sites (tertiary alicyclic amines) is 1. The third-order valence-corrected chi connectivity index (χ3v) is 7.34. The van der Waals surface area contributed by atoms with Gasteiger partial charge in [-0.1, -0.05) is 12.1 Å². The van der Waals surface area contributed by atoms with Crippen molar-refractivity contribution in [2.45, 2.75) is 51.1 Å². The van der Waals surface area contributed by atoms with Crippen molar-refractivity contribution in [1.82, 2.24) is 15.1 Å². The van der Waals surface area contributed by atoms with E-state index in [2.05, 4.69) is 5.32 Å². The van der Waals surface area contributed by atoms with Crippen molar-refractivity contribution in [3.8, 4) is 0 Å². The minimum atomic E-state index is -1.07. The molecular weight excluding hydrogens is 441 g/mol. The summed E-state index contributed by atoms with van der Waals surface area (Å²) in [6.07, 6.45) is 4.26. The number of furan rings is 1. The van der Waals surface area contributed by atoms with Crippen molar-refractivity contribution in [3.05, 3.63) is 58.8 Å². The summed E-state index contributed by atoms with van der Waals surface area (Å²) in [6.45, 7) is 2.62. The fraction of sp³-hybridized carbons (Fsp3) is 0.440. The van der Waals surface area contributed by atoms with Crippen LogP contribution in [-0.4, -0.2) is 52.1 Å². The molecule has 5 rings (SSSR count). The van der Waals surface area contributed by atoms with Gasteiger partial charge in [0, 0.05) is 25.9 Å². The monoisotopic (exact) mass is 467 g/mol. The molecule has 178 valence electrons. The van der Waals surface area contributed by atoms with Crippen LogP contribution < -0.4 is 5.32 Å². The maximum Gasteiger partial charge on any atom is 0.325 e. The first-order chi connectivity index (χ1) is 16.3. The number of piperidine rings is 1. The van der Waals surface area contributed by atoms with E-state index in [1.165, 1.54) is 18.4 Å². The zero-order chi connectivity index (χ0) is 24.0. The van der Waals surface area contributed by atoms with Gasteiger partial charge in [0.2, 0.25) is 0 Å². The average Bonchev–Trinajstić information content (AvgIpc) is 3.36. The molecule has 9 heteroatoms. The Labute approximate surface area is 196 Å². The molecule has 1 unspecified atom stereocenters. The zero-order valence-electron chi connectivity index (χ0n) is 18.9. The second-order valence-electron chi connectivity index (χ2n) is 9.44. The van der Waals surface area contributed by atoms with Crippen LogP contribution in [0.25, 0.3) is 0 Å². The van der Waals surface area contributed by atoms with Gasteiger partial charge in [0.15, 0.2) is 5.78 Å². The highest BCUT2D eigenvalue weighted by atomic mass is 19.1. The van der Waals surface area contributed by atoms with Gasteiger partial charge < -0.3 is 14.6 Å². The van der Waals surface area contributed by atoms with Gasteiger partial charge in [0.1, 0.15) is 23.4 Å². The normalized spacial score (nSPS) is 23.3. The number of carbonyl (C=O) groups is 4. The van der Waals surface area contributed by atoms with Gasteiger partial charge in [-0.3, -0.25) is 19.3 Å². The first kappa shape index (κ1) is 22.3. The summed E-state index contributed by atoms with van der Waals surface area (Å²) < 4.78 is 18.7. The number of aryl methyl sites for hydroxylation is 1. The topological polar surface area (TPSA) is 99.9 Å². The molecular formula is C25H26FN3O5. The van der Waals surface area contributed by atoms with Gasteiger partial charge in [-0.05, 0) is 49.8 Å². The Hall–Kier alpha value is -3.49. The van der Waals surface area contributed by atoms with Crippen LogP contribution in [0.3, 0.4) is 0 Å². The largest absolute Gasteiger partial charge is 0.468 e. The van der Waals surface area contributed by atoms with Crippen molar-refractivity contribution in [1.29, 1.82) is 0 Å². The highest BCUT2D eigenvalue weighted by Crippen LogP contribution is 2.35. The van der Waals surface area contributed by atoms with Crippen molar-refractivity contribution < 1.29 is 28.0 Å². The molecule has 0 bridgehead atoms. The second kappa shape index (κ2) is 8.38. The van der Waals surface area contributed by atoms with E-state index in [-0.39, 0.29) is 35.9 Å². The Kier molecular flexibility index (Phi) is 5.50. The lowest BCUT2D eigenvalue weighted by atomic mass is 9.78. The Morgan fingerprint density at radius 3 is 2.56 bits per heavy atom. The molecule has 2 aliphatic heterocycles. The van der Waals surface area contributed by atoms with E-state index >= 15 is 0 Å². The number of carbonyl (C=O) groups excluding carboxylic acids is 4. The quantitative estimate of drug-likeness (QED) is 0.696. The van der Waals surface area contributed by atoms with Crippen LogP contribution in [0.4, 0.5) is 9.18 Å². The highest BCUT2D eigenvalue weighted by molar-refractivity contribution is 6.09. The fourth-order valence-corrected chi connectivity index (χ4v) is 5.32. The third kappa shape index (κ3) is 3.69. The Morgan fingerprint density at radius 1 is 1.15 bits per heavy atom. The minimum Gasteiger partial charge on any atom is -0.468 e. The molecule has 1 atom stereocenters. The lowest BCUT2D eigenvalue weighted by Gasteiger charge is -2.38. The molecule has 1 aromatic heterocycles. The van der Waals surface area contributed by atoms with E-state index in [9.17, 15) is 23.6 Å². The van der Waals surface area contributed by atoms with Crippen molar-refractivity contribution >= 4 is 23.6 Å². The van der Waals surface area contributed by atoms with Crippen LogP contribution in [0.5, 0.6) is 0 Å². The molecule has 3 heterocycles. The number of nitrogens with one attached hydrogen (secondary N) is 1. The summed E-state index contributed by atoms with van der Waals surface area (Å²) in [5.41, 5.74) is 0.324. The number of benzene rings is 1. The smallest absolute Gasteiger partial charge is 0.325 e. The molecule has 0 saturated carbocycles. The lowest BCUT2D eigenvalue weighted by molar-refractivity contribution is -0.133. The number of ketones is 1. The van der Waals surface area contributed by atoms with E-state index in [1.54, 1.807) is 24.0 Å². The lowest BCUT2D eigenvalue weighted by Crippen LogP contribution is -2.54. The van der Waals surface area contributed by atoms with E-state index in [1.807, 2.05) is 0 Å². The number of urea groups is 1. The number of rotatable bonds is 4. The molecule has 2 saturated heterocycles. The van der Waals surface area contributed by atoms with Crippen LogP contribution in [-0.2, 0) is 17.8 Å². The standard InChI is InChI=1S/C25H26FN3O5/c1-25(23(32)29(24(33)27-25)13-15-5-7-17(26)8-6-15)16-9-11-28(12-10-16)22(31)18-14-34-20-4-2-3-19(30)21(18)20/h5-8,14,16H,2-4,9-13H2,1H3,(H,27,33). The van der Waals surface area contributed by atoms with Gasteiger partial charge in [-0.2, -0.15) is 0 Å². The summed E-state index contributed by atoms with van der Waals surface area (Å²) in [4.78, 5) is 54.2. The SMILES string of the molecule is CC1(C2CCN(C(=O)c3coc4c3C(=O)CCC4)CC2)NC(=O)N(Cc2ccc(F)cc2)C1=O. The highest BCUT2D eigenvalue weighted by Gasteiger charge is 2.53. The summed E-state index contributed by atoms with van der Waals surface area (Å²) in [5, 5.41) is 2.85. The summed E-state index contributed by atoms with van der Waals surface area (Å²) in [7, 11) is 0. The molecule has 0 spiro atoms. The number of Topliss-reactive ketones (excluding diaryl/α,β-unsaturated/α-hetero) is 1. The van der Waals surface area contributed by atoms with E-state index in [0.717, 1.165) is 11.3 Å². The zero-order valence-corrected chi connectivity index (χ0v) is 18.9. The molecule has 1 aliphatic carbocycles. The number of fused-ring (bicyclic) bond motifs is 1. The van der Waals surface area contributed by atoms with Crippen LogP contribution in [0.2, 0.25) is 0 Å². The van der Waals surface area contributed by atoms with Crippen LogP contribution >= 0.6 is 0 Å². The molecule has 34 heavy (non-hydrogen) atoms. The number of imide groups is 1. The van der Waals surface area contributed by atoms with Crippen LogP contribution in [0, 0.1) is 11.7 Å². The molecule has 3 aliphatic rings. The van der Waals surface area contributed by atoms with Crippen LogP contribution in [0.1, 0.15) is 64.6 Å². The summed E-state index contributed by atoms with van der Waals surface area (Å²) in [6, 6.07) is 5.22. The molecule has 2 aromatic rings. The van der Waals surface area contributed by atoms with E-state index < -0.39 is 11.6 Å². The maximum atomic E-state index is 13.2. The maximum absolute atomic E-state index is 13.2. The van der Waals surface area contributed by atoms with Gasteiger partial charge in [0.05, 0.1) is 17.7 Å². The predicted octanol–water partition coefficient (Wildman–Crippen LogP) is 3.30. The summed E-state index contributed by atoms with van der Waals surface area (Å²) >= 11 is 0. The average molecular weight is 467 g/mol. The van der Waals surface area contributed by atoms with Gasteiger partial charge in [-0.25, -0.2) is 9.18 Å². The van der Waals surface area contributed by atoms with Gasteiger partial charge in [0.25, 0.3) is 11.8 Å². The molecule has 8 nitrogen and oxygen atoms in total. The molecule has 2 fully saturated rings. The fourth-order valence-electron chi connectivity index (χ4n) is 5.32. The van der Waals surface area contributed by atoms with Crippen molar-refractivity contribution in [2.75, 3.05) is 13.1 Å². The minimum absolute atomic E-state index is 0.0544. The first-order valence-electron chi connectivity index (χ1n) is 11.6. The molecule has 1 aromatic carbocycles. The number of hydrogen-bond acceptors (Lipinski definition) is 5. The van der Waals surface area contributed by atoms with Crippen molar-refractivity contribution in [2.24, 2.45) is 5.92 Å². The second-order valence-corrected chi connectivity index (χ2v) is 9.44. The molecule has 4 amide bonds. The number of hydrogen-bond donors (Lipinski definition) is 1. The predicted molar refractivity (Wildman–Crippen MR) is 118 cm³/mol. The summed E-state index contributed by atoms with van der Waals surface area (Å²) in [5.74, 6) is -0.549. The third-order valence-electron chi connectivity index (χ3n) is 7.34.